The maximum Gasteiger partial charge on any atom is 0.264 e. The SMILES string of the molecule is CCC(Nc1ccc(-c2cc(=O)[nH][nH]2)cc1)C(C)C. The Labute approximate surface area is 113 Å². The first-order valence-electron chi connectivity index (χ1n) is 6.74. The lowest BCUT2D eigenvalue weighted by Gasteiger charge is -2.22. The van der Waals surface area contributed by atoms with Crippen molar-refractivity contribution in [1.29, 1.82) is 0 Å². The van der Waals surface area contributed by atoms with Crippen molar-refractivity contribution in [2.24, 2.45) is 5.92 Å². The molecule has 0 spiro atoms. The Morgan fingerprint density at radius 2 is 1.84 bits per heavy atom. The summed E-state index contributed by atoms with van der Waals surface area (Å²) >= 11 is 0. The van der Waals surface area contributed by atoms with Gasteiger partial charge in [0, 0.05) is 17.8 Å². The van der Waals surface area contributed by atoms with Crippen molar-refractivity contribution in [1.82, 2.24) is 10.2 Å². The van der Waals surface area contributed by atoms with E-state index in [1.54, 1.807) is 6.07 Å². The van der Waals surface area contributed by atoms with Crippen molar-refractivity contribution in [2.75, 3.05) is 5.32 Å². The Hall–Kier alpha value is -1.97. The molecule has 0 aliphatic heterocycles. The highest BCUT2D eigenvalue weighted by Gasteiger charge is 2.10. The third kappa shape index (κ3) is 3.28. The molecular formula is C15H21N3O. The number of aromatic nitrogens is 2. The maximum atomic E-state index is 11.1. The fourth-order valence-corrected chi connectivity index (χ4v) is 2.19. The van der Waals surface area contributed by atoms with Crippen LogP contribution in [0.25, 0.3) is 11.3 Å². The number of H-pyrrole nitrogens is 2. The second-order valence-corrected chi connectivity index (χ2v) is 5.15. The molecule has 4 nitrogen and oxygen atoms in total. The van der Waals surface area contributed by atoms with Gasteiger partial charge in [-0.2, -0.15) is 0 Å². The normalized spacial score (nSPS) is 12.6. The molecule has 2 rings (SSSR count). The first kappa shape index (κ1) is 13.5. The van der Waals surface area contributed by atoms with E-state index >= 15 is 0 Å². The van der Waals surface area contributed by atoms with Crippen LogP contribution in [0.1, 0.15) is 27.2 Å². The van der Waals surface area contributed by atoms with Crippen LogP contribution in [0.4, 0.5) is 5.69 Å². The molecule has 4 heteroatoms. The van der Waals surface area contributed by atoms with Crippen molar-refractivity contribution >= 4 is 5.69 Å². The molecule has 1 aromatic heterocycles. The smallest absolute Gasteiger partial charge is 0.264 e. The van der Waals surface area contributed by atoms with Crippen LogP contribution in [0, 0.1) is 5.92 Å². The molecular weight excluding hydrogens is 238 g/mol. The molecule has 1 heterocycles. The van der Waals surface area contributed by atoms with E-state index in [-0.39, 0.29) is 5.56 Å². The van der Waals surface area contributed by atoms with E-state index in [9.17, 15) is 4.79 Å². The Balaban J connectivity index is 2.12. The molecule has 1 unspecified atom stereocenters. The lowest BCUT2D eigenvalue weighted by Crippen LogP contribution is -2.24. The summed E-state index contributed by atoms with van der Waals surface area (Å²) in [6, 6.07) is 10.2. The summed E-state index contributed by atoms with van der Waals surface area (Å²) in [7, 11) is 0. The summed E-state index contributed by atoms with van der Waals surface area (Å²) in [6.45, 7) is 6.64. The molecule has 19 heavy (non-hydrogen) atoms. The Bertz CT molecular complexity index is 566. The summed E-state index contributed by atoms with van der Waals surface area (Å²) in [4.78, 5) is 11.1. The quantitative estimate of drug-likeness (QED) is 0.772. The summed E-state index contributed by atoms with van der Waals surface area (Å²) in [5, 5.41) is 8.93. The van der Waals surface area contributed by atoms with Gasteiger partial charge in [0.15, 0.2) is 0 Å². The monoisotopic (exact) mass is 259 g/mol. The number of aromatic amines is 2. The maximum absolute atomic E-state index is 11.1. The summed E-state index contributed by atoms with van der Waals surface area (Å²) in [5.74, 6) is 0.603. The molecule has 0 fully saturated rings. The van der Waals surface area contributed by atoms with Gasteiger partial charge in [0.1, 0.15) is 0 Å². The Morgan fingerprint density at radius 1 is 1.16 bits per heavy atom. The van der Waals surface area contributed by atoms with Gasteiger partial charge < -0.3 is 5.32 Å². The van der Waals surface area contributed by atoms with Gasteiger partial charge >= 0.3 is 0 Å². The molecule has 102 valence electrons. The van der Waals surface area contributed by atoms with E-state index in [0.29, 0.717) is 12.0 Å². The zero-order valence-electron chi connectivity index (χ0n) is 11.7. The van der Waals surface area contributed by atoms with Crippen molar-refractivity contribution in [2.45, 2.75) is 33.2 Å². The lowest BCUT2D eigenvalue weighted by molar-refractivity contribution is 0.511. The lowest BCUT2D eigenvalue weighted by atomic mass is 10.0. The average molecular weight is 259 g/mol. The predicted molar refractivity (Wildman–Crippen MR) is 79.4 cm³/mol. The molecule has 0 amide bonds. The van der Waals surface area contributed by atoms with Crippen LogP contribution in [-0.2, 0) is 0 Å². The third-order valence-electron chi connectivity index (χ3n) is 3.39. The van der Waals surface area contributed by atoms with Gasteiger partial charge in [-0.15, -0.1) is 0 Å². The minimum atomic E-state index is -0.108. The van der Waals surface area contributed by atoms with Gasteiger partial charge in [0.2, 0.25) is 0 Å². The van der Waals surface area contributed by atoms with Crippen molar-refractivity contribution in [3.63, 3.8) is 0 Å². The zero-order chi connectivity index (χ0) is 13.8. The van der Waals surface area contributed by atoms with Crippen molar-refractivity contribution < 1.29 is 0 Å². The second-order valence-electron chi connectivity index (χ2n) is 5.15. The van der Waals surface area contributed by atoms with Gasteiger partial charge in [0.05, 0.1) is 5.69 Å². The summed E-state index contributed by atoms with van der Waals surface area (Å²) in [6.07, 6.45) is 1.10. The largest absolute Gasteiger partial charge is 0.382 e. The van der Waals surface area contributed by atoms with E-state index in [4.69, 9.17) is 0 Å². The minimum absolute atomic E-state index is 0.108. The molecule has 3 N–H and O–H groups in total. The molecule has 0 aliphatic carbocycles. The number of benzene rings is 1. The van der Waals surface area contributed by atoms with Crippen LogP contribution in [0.3, 0.4) is 0 Å². The van der Waals surface area contributed by atoms with Gasteiger partial charge in [0.25, 0.3) is 5.56 Å². The summed E-state index contributed by atoms with van der Waals surface area (Å²) in [5.41, 5.74) is 2.82. The molecule has 1 aromatic carbocycles. The predicted octanol–water partition coefficient (Wildman–Crippen LogP) is 3.22. The van der Waals surface area contributed by atoms with Gasteiger partial charge in [-0.25, -0.2) is 0 Å². The highest BCUT2D eigenvalue weighted by molar-refractivity contribution is 5.62. The number of hydrogen-bond acceptors (Lipinski definition) is 2. The zero-order valence-corrected chi connectivity index (χ0v) is 11.7. The molecule has 0 saturated carbocycles. The van der Waals surface area contributed by atoms with E-state index in [1.807, 2.05) is 24.3 Å². The first-order valence-corrected chi connectivity index (χ1v) is 6.74. The topological polar surface area (TPSA) is 60.7 Å². The third-order valence-corrected chi connectivity index (χ3v) is 3.39. The van der Waals surface area contributed by atoms with Crippen LogP contribution in [0.2, 0.25) is 0 Å². The van der Waals surface area contributed by atoms with Crippen LogP contribution >= 0.6 is 0 Å². The summed E-state index contributed by atoms with van der Waals surface area (Å²) < 4.78 is 0. The highest BCUT2D eigenvalue weighted by atomic mass is 16.1. The fraction of sp³-hybridized carbons (Fsp3) is 0.400. The van der Waals surface area contributed by atoms with Crippen LogP contribution in [-0.4, -0.2) is 16.2 Å². The van der Waals surface area contributed by atoms with E-state index in [2.05, 4.69) is 36.3 Å². The molecule has 0 radical (unpaired) electrons. The molecule has 0 saturated heterocycles. The minimum Gasteiger partial charge on any atom is -0.382 e. The van der Waals surface area contributed by atoms with E-state index in [1.165, 1.54) is 0 Å². The van der Waals surface area contributed by atoms with Crippen LogP contribution in [0.5, 0.6) is 0 Å². The first-order chi connectivity index (χ1) is 9.10. The average Bonchev–Trinajstić information content (AvgIpc) is 2.83. The van der Waals surface area contributed by atoms with Crippen molar-refractivity contribution in [3.8, 4) is 11.3 Å². The number of nitrogens with one attached hydrogen (secondary N) is 3. The molecule has 0 bridgehead atoms. The number of anilines is 1. The van der Waals surface area contributed by atoms with Crippen LogP contribution < -0.4 is 10.9 Å². The molecule has 2 aromatic rings. The van der Waals surface area contributed by atoms with Gasteiger partial charge in [-0.3, -0.25) is 15.0 Å². The standard InChI is InChI=1S/C15H21N3O/c1-4-13(10(2)3)16-12-7-5-11(6-8-12)14-9-15(19)18-17-14/h5-10,13,16H,4H2,1-3H3,(H2,17,18,19). The second kappa shape index (κ2) is 5.78. The van der Waals surface area contributed by atoms with Crippen molar-refractivity contribution in [3.05, 3.63) is 40.7 Å². The van der Waals surface area contributed by atoms with Gasteiger partial charge in [-0.1, -0.05) is 32.9 Å². The molecule has 0 aliphatic rings. The van der Waals surface area contributed by atoms with E-state index < -0.39 is 0 Å². The Kier molecular flexibility index (Phi) is 4.10. The number of rotatable bonds is 5. The van der Waals surface area contributed by atoms with E-state index in [0.717, 1.165) is 23.4 Å². The van der Waals surface area contributed by atoms with Crippen LogP contribution in [0.15, 0.2) is 35.1 Å². The fourth-order valence-electron chi connectivity index (χ4n) is 2.19. The Morgan fingerprint density at radius 3 is 2.32 bits per heavy atom. The highest BCUT2D eigenvalue weighted by Crippen LogP contribution is 2.20. The number of hydrogen-bond donors (Lipinski definition) is 3. The molecule has 1 atom stereocenters. The van der Waals surface area contributed by atoms with Gasteiger partial charge in [-0.05, 0) is 30.0 Å².